The van der Waals surface area contributed by atoms with Crippen molar-refractivity contribution in [2.75, 3.05) is 26.7 Å². The van der Waals surface area contributed by atoms with Gasteiger partial charge in [0.15, 0.2) is 0 Å². The first-order chi connectivity index (χ1) is 17.5. The lowest BCUT2D eigenvalue weighted by molar-refractivity contribution is -0.141. The number of nitrogens with two attached hydrogens (primary N) is 1. The molecule has 1 aliphatic rings. The van der Waals surface area contributed by atoms with Crippen LogP contribution < -0.4 is 21.1 Å². The molecule has 3 amide bonds. The first kappa shape index (κ1) is 28.1. The Bertz CT molecular complexity index is 1120. The lowest BCUT2D eigenvalue weighted by atomic mass is 9.72. The van der Waals surface area contributed by atoms with Crippen molar-refractivity contribution in [1.82, 2.24) is 15.5 Å². The van der Waals surface area contributed by atoms with E-state index >= 15 is 0 Å². The number of piperidine rings is 1. The van der Waals surface area contributed by atoms with Gasteiger partial charge in [-0.2, -0.15) is 0 Å². The molecule has 5 N–H and O–H groups in total. The standard InChI is InChI=1S/C27H34ClN5O4/c1-26(2,30)24(35)32-21(16-37-20-11-9-19(28)10-12-20)23(34)33-14-13-22(29)27(17-33,25(36)31-3)15-18-7-5-4-6-8-18/h4-12,21,29H,13-17,30H2,1-3H3,(H,31,36)(H,32,35)/t21-,27-/m1/s1. The quantitative estimate of drug-likeness (QED) is 0.396. The van der Waals surface area contributed by atoms with Crippen LogP contribution in [0.4, 0.5) is 0 Å². The van der Waals surface area contributed by atoms with Gasteiger partial charge in [0.2, 0.25) is 17.7 Å². The summed E-state index contributed by atoms with van der Waals surface area (Å²) in [5.74, 6) is -0.787. The minimum Gasteiger partial charge on any atom is -0.491 e. The largest absolute Gasteiger partial charge is 0.491 e. The number of nitrogens with one attached hydrogen (secondary N) is 3. The zero-order valence-corrected chi connectivity index (χ0v) is 22.1. The summed E-state index contributed by atoms with van der Waals surface area (Å²) in [5.41, 5.74) is 4.65. The minimum absolute atomic E-state index is 0.00142. The van der Waals surface area contributed by atoms with Crippen molar-refractivity contribution in [3.63, 3.8) is 0 Å². The highest BCUT2D eigenvalue weighted by Crippen LogP contribution is 2.32. The average molecular weight is 528 g/mol. The molecule has 0 radical (unpaired) electrons. The maximum absolute atomic E-state index is 13.8. The summed E-state index contributed by atoms with van der Waals surface area (Å²) in [7, 11) is 1.52. The first-order valence-electron chi connectivity index (χ1n) is 12.1. The molecule has 2 atom stereocenters. The Morgan fingerprint density at radius 1 is 1.16 bits per heavy atom. The Hall–Kier alpha value is -3.43. The predicted molar refractivity (Wildman–Crippen MR) is 143 cm³/mol. The van der Waals surface area contributed by atoms with E-state index in [1.165, 1.54) is 11.9 Å². The van der Waals surface area contributed by atoms with Gasteiger partial charge in [-0.05, 0) is 50.1 Å². The number of halogens is 1. The highest BCUT2D eigenvalue weighted by molar-refractivity contribution is 6.30. The molecule has 0 bridgehead atoms. The number of ether oxygens (including phenoxy) is 1. The molecule has 2 aromatic carbocycles. The van der Waals surface area contributed by atoms with Crippen LogP contribution in [0.5, 0.6) is 5.75 Å². The normalized spacial score (nSPS) is 18.6. The Balaban J connectivity index is 1.87. The van der Waals surface area contributed by atoms with Crippen LogP contribution in [0, 0.1) is 10.8 Å². The van der Waals surface area contributed by atoms with Crippen LogP contribution in [-0.2, 0) is 20.8 Å². The number of amides is 3. The third-order valence-electron chi connectivity index (χ3n) is 6.41. The number of hydrogen-bond donors (Lipinski definition) is 4. The average Bonchev–Trinajstić information content (AvgIpc) is 2.87. The van der Waals surface area contributed by atoms with Crippen LogP contribution in [0.25, 0.3) is 0 Å². The molecule has 9 nitrogen and oxygen atoms in total. The predicted octanol–water partition coefficient (Wildman–Crippen LogP) is 2.17. The van der Waals surface area contributed by atoms with Crippen molar-refractivity contribution in [2.24, 2.45) is 11.1 Å². The number of likely N-dealkylation sites (tertiary alicyclic amines) is 1. The van der Waals surface area contributed by atoms with Gasteiger partial charge in [-0.15, -0.1) is 0 Å². The van der Waals surface area contributed by atoms with Crippen molar-refractivity contribution in [2.45, 2.75) is 38.3 Å². The van der Waals surface area contributed by atoms with Gasteiger partial charge in [0.1, 0.15) is 23.8 Å². The molecule has 1 saturated heterocycles. The summed E-state index contributed by atoms with van der Waals surface area (Å²) >= 11 is 5.94. The third kappa shape index (κ3) is 6.87. The fraction of sp³-hybridized carbons (Fsp3) is 0.407. The van der Waals surface area contributed by atoms with E-state index in [1.807, 2.05) is 30.3 Å². The second kappa shape index (κ2) is 11.7. The van der Waals surface area contributed by atoms with E-state index in [4.69, 9.17) is 27.5 Å². The Morgan fingerprint density at radius 2 is 1.81 bits per heavy atom. The molecule has 1 aliphatic heterocycles. The van der Waals surface area contributed by atoms with Crippen LogP contribution in [-0.4, -0.2) is 66.7 Å². The number of carbonyl (C=O) groups excluding carboxylic acids is 3. The lowest BCUT2D eigenvalue weighted by Gasteiger charge is -2.43. The van der Waals surface area contributed by atoms with E-state index in [0.29, 0.717) is 10.8 Å². The fourth-order valence-corrected chi connectivity index (χ4v) is 4.39. The molecule has 37 heavy (non-hydrogen) atoms. The summed E-state index contributed by atoms with van der Waals surface area (Å²) in [6, 6.07) is 15.0. The molecule has 1 heterocycles. The third-order valence-corrected chi connectivity index (χ3v) is 6.66. The smallest absolute Gasteiger partial charge is 0.248 e. The van der Waals surface area contributed by atoms with Gasteiger partial charge < -0.3 is 31.4 Å². The number of carbonyl (C=O) groups is 3. The van der Waals surface area contributed by atoms with Gasteiger partial charge in [0, 0.05) is 37.3 Å². The van der Waals surface area contributed by atoms with Gasteiger partial charge in [-0.25, -0.2) is 0 Å². The van der Waals surface area contributed by atoms with Gasteiger partial charge in [-0.1, -0.05) is 41.9 Å². The summed E-state index contributed by atoms with van der Waals surface area (Å²) in [6.45, 7) is 3.18. The van der Waals surface area contributed by atoms with E-state index in [-0.39, 0.29) is 44.2 Å². The monoisotopic (exact) mass is 527 g/mol. The van der Waals surface area contributed by atoms with Gasteiger partial charge in [0.25, 0.3) is 0 Å². The van der Waals surface area contributed by atoms with Gasteiger partial charge in [0.05, 0.1) is 5.54 Å². The van der Waals surface area contributed by atoms with E-state index in [9.17, 15) is 14.4 Å². The van der Waals surface area contributed by atoms with E-state index in [2.05, 4.69) is 10.6 Å². The first-order valence-corrected chi connectivity index (χ1v) is 12.4. The summed E-state index contributed by atoms with van der Waals surface area (Å²) in [4.78, 5) is 41.2. The lowest BCUT2D eigenvalue weighted by Crippen LogP contribution is -2.63. The number of hydrogen-bond acceptors (Lipinski definition) is 6. The maximum Gasteiger partial charge on any atom is 0.248 e. The highest BCUT2D eigenvalue weighted by atomic mass is 35.5. The van der Waals surface area contributed by atoms with E-state index in [1.54, 1.807) is 38.1 Å². The molecular formula is C27H34ClN5O4. The van der Waals surface area contributed by atoms with Crippen LogP contribution in [0.3, 0.4) is 0 Å². The van der Waals surface area contributed by atoms with Crippen LogP contribution in [0.1, 0.15) is 25.8 Å². The van der Waals surface area contributed by atoms with Crippen molar-refractivity contribution in [3.05, 3.63) is 65.2 Å². The van der Waals surface area contributed by atoms with Crippen molar-refractivity contribution >= 4 is 35.0 Å². The van der Waals surface area contributed by atoms with Crippen molar-refractivity contribution in [1.29, 1.82) is 5.41 Å². The van der Waals surface area contributed by atoms with Gasteiger partial charge in [-0.3, -0.25) is 14.4 Å². The second-order valence-corrected chi connectivity index (χ2v) is 10.3. The summed E-state index contributed by atoms with van der Waals surface area (Å²) in [6.07, 6.45) is 0.497. The van der Waals surface area contributed by atoms with E-state index in [0.717, 1.165) is 5.56 Å². The molecule has 0 spiro atoms. The molecule has 2 aromatic rings. The Labute approximate surface area is 222 Å². The zero-order chi connectivity index (χ0) is 27.2. The second-order valence-electron chi connectivity index (χ2n) is 9.82. The highest BCUT2D eigenvalue weighted by Gasteiger charge is 2.48. The van der Waals surface area contributed by atoms with Crippen molar-refractivity contribution in [3.8, 4) is 5.75 Å². The molecule has 0 saturated carbocycles. The minimum atomic E-state index is -1.23. The molecule has 0 aromatic heterocycles. The van der Waals surface area contributed by atoms with Crippen LogP contribution in [0.15, 0.2) is 54.6 Å². The number of benzene rings is 2. The zero-order valence-electron chi connectivity index (χ0n) is 21.3. The summed E-state index contributed by atoms with van der Waals surface area (Å²) in [5, 5.41) is 14.6. The SMILES string of the molecule is CNC(=O)[C@]1(Cc2ccccc2)CN(C(=O)[C@@H](COc2ccc(Cl)cc2)NC(=O)C(C)(C)N)CCC1=N. The number of nitrogens with zero attached hydrogens (tertiary/aromatic N) is 1. The van der Waals surface area contributed by atoms with Crippen LogP contribution in [0.2, 0.25) is 5.02 Å². The maximum atomic E-state index is 13.8. The fourth-order valence-electron chi connectivity index (χ4n) is 4.26. The molecule has 10 heteroatoms. The molecule has 198 valence electrons. The van der Waals surface area contributed by atoms with Crippen LogP contribution >= 0.6 is 11.6 Å². The van der Waals surface area contributed by atoms with Gasteiger partial charge >= 0.3 is 0 Å². The topological polar surface area (TPSA) is 138 Å². The molecule has 0 unspecified atom stereocenters. The molecule has 1 fully saturated rings. The molecule has 3 rings (SSSR count). The Kier molecular flexibility index (Phi) is 8.94. The molecule has 0 aliphatic carbocycles. The summed E-state index contributed by atoms with van der Waals surface area (Å²) < 4.78 is 5.80. The molecular weight excluding hydrogens is 494 g/mol. The number of rotatable bonds is 9. The van der Waals surface area contributed by atoms with Crippen molar-refractivity contribution < 1.29 is 19.1 Å². The van der Waals surface area contributed by atoms with E-state index < -0.39 is 28.8 Å². The Morgan fingerprint density at radius 3 is 2.41 bits per heavy atom.